The molecule has 0 spiro atoms. The first-order chi connectivity index (χ1) is 14.3. The van der Waals surface area contributed by atoms with Crippen LogP contribution in [0.4, 0.5) is 5.69 Å². The molecular weight excluding hydrogens is 468 g/mol. The van der Waals surface area contributed by atoms with Gasteiger partial charge in [-0.15, -0.1) is 0 Å². The maximum atomic E-state index is 13.6. The van der Waals surface area contributed by atoms with Crippen molar-refractivity contribution in [2.45, 2.75) is 18.7 Å². The highest BCUT2D eigenvalue weighted by molar-refractivity contribution is 7.93. The van der Waals surface area contributed by atoms with Gasteiger partial charge in [-0.2, -0.15) is 0 Å². The van der Waals surface area contributed by atoms with Crippen LogP contribution in [0.15, 0.2) is 53.7 Å². The molecule has 7 nitrogen and oxygen atoms in total. The Hall–Kier alpha value is -1.54. The number of halogens is 2. The fraction of sp³-hybridized carbons (Fsp3) is 0.263. The van der Waals surface area contributed by atoms with Gasteiger partial charge >= 0.3 is 0 Å². The lowest BCUT2D eigenvalue weighted by Gasteiger charge is -2.28. The molecular formula is C19H20Cl2N3O4PS. The first-order valence-electron chi connectivity index (χ1n) is 9.08. The molecule has 0 aliphatic heterocycles. The lowest BCUT2D eigenvalue weighted by atomic mass is 10.2. The normalized spacial score (nSPS) is 11.9. The zero-order valence-electron chi connectivity index (χ0n) is 16.3. The molecule has 0 saturated heterocycles. The molecule has 0 aliphatic carbocycles. The summed E-state index contributed by atoms with van der Waals surface area (Å²) in [6.07, 6.45) is 3.12. The van der Waals surface area contributed by atoms with Crippen molar-refractivity contribution in [1.82, 2.24) is 9.97 Å². The van der Waals surface area contributed by atoms with E-state index in [0.717, 1.165) is 0 Å². The van der Waals surface area contributed by atoms with Gasteiger partial charge in [0.15, 0.2) is 8.38 Å². The molecule has 0 aliphatic rings. The van der Waals surface area contributed by atoms with E-state index in [-0.39, 0.29) is 21.2 Å². The largest absolute Gasteiger partial charge is 0.333 e. The first kappa shape index (κ1) is 23.1. The molecule has 0 bridgehead atoms. The van der Waals surface area contributed by atoms with Crippen molar-refractivity contribution >= 4 is 58.3 Å². The fourth-order valence-electron chi connectivity index (χ4n) is 2.72. The minimum absolute atomic E-state index is 0.00471. The predicted octanol–water partition coefficient (Wildman–Crippen LogP) is 5.47. The number of sulfonamides is 1. The second-order valence-corrected chi connectivity index (χ2v) is 10.2. The van der Waals surface area contributed by atoms with Gasteiger partial charge in [-0.3, -0.25) is 14.3 Å². The second-order valence-electron chi connectivity index (χ2n) is 6.00. The third-order valence-electron chi connectivity index (χ3n) is 3.96. The average Bonchev–Trinajstić information content (AvgIpc) is 2.71. The van der Waals surface area contributed by atoms with Crippen LogP contribution in [0.25, 0.3) is 11.0 Å². The third-order valence-corrected chi connectivity index (χ3v) is 7.94. The zero-order valence-corrected chi connectivity index (χ0v) is 19.5. The summed E-state index contributed by atoms with van der Waals surface area (Å²) in [6.45, 7) is 4.45. The first-order valence-corrected chi connectivity index (χ1v) is 12.6. The topological polar surface area (TPSA) is 81.6 Å². The number of aromatic nitrogens is 2. The van der Waals surface area contributed by atoms with Crippen LogP contribution >= 0.6 is 31.6 Å². The Kier molecular flexibility index (Phi) is 7.85. The number of fused-ring (bicyclic) bond motifs is 1. The van der Waals surface area contributed by atoms with E-state index in [9.17, 15) is 8.42 Å². The number of rotatable bonds is 9. The van der Waals surface area contributed by atoms with E-state index >= 15 is 0 Å². The van der Waals surface area contributed by atoms with Gasteiger partial charge in [0.2, 0.25) is 0 Å². The van der Waals surface area contributed by atoms with Gasteiger partial charge in [-0.05, 0) is 50.2 Å². The quantitative estimate of drug-likeness (QED) is 0.372. The Morgan fingerprint density at radius 2 is 1.53 bits per heavy atom. The monoisotopic (exact) mass is 487 g/mol. The summed E-state index contributed by atoms with van der Waals surface area (Å²) in [4.78, 5) is 8.48. The number of anilines is 1. The molecule has 30 heavy (non-hydrogen) atoms. The van der Waals surface area contributed by atoms with Crippen LogP contribution in [0, 0.1) is 0 Å². The minimum Gasteiger partial charge on any atom is -0.333 e. The molecule has 11 heteroatoms. The SMILES string of the molecule is CCOP(CN(c1ccc2nccnc2c1)S(=O)(=O)c1cc(Cl)cc(Cl)c1)OCC. The minimum atomic E-state index is -4.03. The van der Waals surface area contributed by atoms with E-state index in [1.54, 1.807) is 30.6 Å². The van der Waals surface area contributed by atoms with Gasteiger partial charge in [-0.1, -0.05) is 23.2 Å². The van der Waals surface area contributed by atoms with Gasteiger partial charge in [0.25, 0.3) is 10.0 Å². The summed E-state index contributed by atoms with van der Waals surface area (Å²) < 4.78 is 39.7. The predicted molar refractivity (Wildman–Crippen MR) is 121 cm³/mol. The van der Waals surface area contributed by atoms with E-state index < -0.39 is 18.4 Å². The smallest absolute Gasteiger partial charge is 0.264 e. The molecule has 0 radical (unpaired) electrons. The van der Waals surface area contributed by atoms with Gasteiger partial charge in [0, 0.05) is 22.4 Å². The Morgan fingerprint density at radius 1 is 0.933 bits per heavy atom. The molecule has 3 rings (SSSR count). The van der Waals surface area contributed by atoms with E-state index in [0.29, 0.717) is 29.9 Å². The van der Waals surface area contributed by atoms with Crippen LogP contribution in [0.3, 0.4) is 0 Å². The van der Waals surface area contributed by atoms with E-state index in [4.69, 9.17) is 32.2 Å². The molecule has 2 aromatic carbocycles. The zero-order chi connectivity index (χ0) is 21.7. The Labute approximate surface area is 186 Å². The van der Waals surface area contributed by atoms with Crippen molar-refractivity contribution in [2.75, 3.05) is 23.8 Å². The molecule has 3 aromatic rings. The summed E-state index contributed by atoms with van der Waals surface area (Å²) in [5.74, 6) is 0. The molecule has 1 heterocycles. The Balaban J connectivity index is 2.12. The standard InChI is InChI=1S/C19H20Cl2N3O4PS/c1-3-27-29(28-4-2)13-24(16-5-6-18-19(12-16)23-8-7-22-18)30(25,26)17-10-14(20)9-15(21)11-17/h5-12H,3-4,13H2,1-2H3. The number of nitrogens with zero attached hydrogens (tertiary/aromatic N) is 3. The van der Waals surface area contributed by atoms with Crippen LogP contribution in [0.2, 0.25) is 10.0 Å². The number of hydrogen-bond donors (Lipinski definition) is 0. The van der Waals surface area contributed by atoms with E-state index in [1.165, 1.54) is 22.5 Å². The summed E-state index contributed by atoms with van der Waals surface area (Å²) in [7, 11) is -5.52. The van der Waals surface area contributed by atoms with Gasteiger partial charge in [0.1, 0.15) is 6.29 Å². The average molecular weight is 488 g/mol. The molecule has 0 N–H and O–H groups in total. The van der Waals surface area contributed by atoms with Gasteiger partial charge in [0.05, 0.1) is 34.8 Å². The summed E-state index contributed by atoms with van der Waals surface area (Å²) >= 11 is 12.1. The van der Waals surface area contributed by atoms with Crippen LogP contribution in [-0.2, 0) is 19.1 Å². The van der Waals surface area contributed by atoms with Crippen molar-refractivity contribution in [2.24, 2.45) is 0 Å². The van der Waals surface area contributed by atoms with Crippen molar-refractivity contribution in [3.63, 3.8) is 0 Å². The molecule has 0 unspecified atom stereocenters. The van der Waals surface area contributed by atoms with Crippen molar-refractivity contribution in [3.8, 4) is 0 Å². The Bertz CT molecular complexity index is 1110. The number of benzene rings is 2. The van der Waals surface area contributed by atoms with Crippen LogP contribution in [-0.4, -0.2) is 37.9 Å². The van der Waals surface area contributed by atoms with Crippen LogP contribution in [0.5, 0.6) is 0 Å². The van der Waals surface area contributed by atoms with Crippen LogP contribution in [0.1, 0.15) is 13.8 Å². The molecule has 0 atom stereocenters. The van der Waals surface area contributed by atoms with Gasteiger partial charge < -0.3 is 9.05 Å². The van der Waals surface area contributed by atoms with Crippen molar-refractivity contribution < 1.29 is 17.5 Å². The van der Waals surface area contributed by atoms with E-state index in [1.807, 2.05) is 13.8 Å². The second kappa shape index (κ2) is 10.2. The molecule has 0 saturated carbocycles. The van der Waals surface area contributed by atoms with Crippen LogP contribution < -0.4 is 4.31 Å². The van der Waals surface area contributed by atoms with E-state index in [2.05, 4.69) is 9.97 Å². The lowest BCUT2D eigenvalue weighted by Crippen LogP contribution is -2.32. The highest BCUT2D eigenvalue weighted by atomic mass is 35.5. The summed E-state index contributed by atoms with van der Waals surface area (Å²) in [5.41, 5.74) is 1.63. The number of hydrogen-bond acceptors (Lipinski definition) is 6. The Morgan fingerprint density at radius 3 is 2.13 bits per heavy atom. The maximum Gasteiger partial charge on any atom is 0.264 e. The third kappa shape index (κ3) is 5.38. The van der Waals surface area contributed by atoms with Gasteiger partial charge in [-0.25, -0.2) is 8.42 Å². The molecule has 1 aromatic heterocycles. The van der Waals surface area contributed by atoms with Crippen molar-refractivity contribution in [1.29, 1.82) is 0 Å². The summed E-state index contributed by atoms with van der Waals surface area (Å²) in [5, 5.41) is 0.449. The maximum absolute atomic E-state index is 13.6. The molecule has 0 fully saturated rings. The summed E-state index contributed by atoms with van der Waals surface area (Å²) in [6, 6.07) is 9.25. The van der Waals surface area contributed by atoms with Crippen molar-refractivity contribution in [3.05, 3.63) is 58.8 Å². The highest BCUT2D eigenvalue weighted by Crippen LogP contribution is 2.42. The molecule has 160 valence electrons. The lowest BCUT2D eigenvalue weighted by molar-refractivity contribution is 0.270. The fourth-order valence-corrected chi connectivity index (χ4v) is 6.65. The molecule has 0 amide bonds. The highest BCUT2D eigenvalue weighted by Gasteiger charge is 2.30.